The van der Waals surface area contributed by atoms with E-state index in [0.29, 0.717) is 85.4 Å². The van der Waals surface area contributed by atoms with Crippen LogP contribution in [-0.4, -0.2) is 132 Å². The van der Waals surface area contributed by atoms with Crippen LogP contribution >= 0.6 is 31.9 Å². The van der Waals surface area contributed by atoms with Crippen molar-refractivity contribution in [2.24, 2.45) is 4.99 Å². The van der Waals surface area contributed by atoms with Crippen LogP contribution in [0, 0.1) is 6.92 Å². The third-order valence-electron chi connectivity index (χ3n) is 10.6. The minimum absolute atomic E-state index is 0.0309. The summed E-state index contributed by atoms with van der Waals surface area (Å²) in [4.78, 5) is 72.0. The van der Waals surface area contributed by atoms with Gasteiger partial charge in [-0.05, 0) is 56.7 Å². The minimum atomic E-state index is -1.17. The fourth-order valence-corrected chi connectivity index (χ4v) is 8.18. The molecule has 2 aromatic rings. The van der Waals surface area contributed by atoms with Crippen LogP contribution in [0.4, 0.5) is 11.4 Å². The molecule has 2 saturated heterocycles. The number of nitrogens with zero attached hydrogens (tertiary/aromatic N) is 4. The number of unbranched alkanes of at least 4 members (excludes halogenated alkanes) is 2. The number of amides is 4. The Morgan fingerprint density at radius 3 is 2.31 bits per heavy atom. The number of methoxy groups -OCH3 is 1. The van der Waals surface area contributed by atoms with E-state index in [1.165, 1.54) is 0 Å². The van der Waals surface area contributed by atoms with Crippen molar-refractivity contribution in [3.05, 3.63) is 65.3 Å². The highest BCUT2D eigenvalue weighted by Crippen LogP contribution is 2.40. The van der Waals surface area contributed by atoms with Crippen molar-refractivity contribution in [2.75, 3.05) is 64.6 Å². The number of hydrogen-bond donors (Lipinski definition) is 2. The molecule has 0 saturated carbocycles. The van der Waals surface area contributed by atoms with Crippen LogP contribution < -0.4 is 24.4 Å². The second-order valence-electron chi connectivity index (χ2n) is 15.0. The van der Waals surface area contributed by atoms with Gasteiger partial charge in [0.05, 0.1) is 74.5 Å². The Labute approximate surface area is 360 Å². The largest absolute Gasteiger partial charge is 0.493 e. The van der Waals surface area contributed by atoms with E-state index >= 15 is 0 Å². The van der Waals surface area contributed by atoms with E-state index in [-0.39, 0.29) is 56.0 Å². The van der Waals surface area contributed by atoms with Gasteiger partial charge in [-0.2, -0.15) is 0 Å². The van der Waals surface area contributed by atoms with E-state index in [1.54, 1.807) is 52.3 Å². The molecule has 4 aliphatic heterocycles. The lowest BCUT2D eigenvalue weighted by Gasteiger charge is -2.26. The molecule has 59 heavy (non-hydrogen) atoms. The van der Waals surface area contributed by atoms with E-state index in [0.717, 1.165) is 36.0 Å². The monoisotopic (exact) mass is 941 g/mol. The van der Waals surface area contributed by atoms with Crippen LogP contribution in [-0.2, 0) is 19.1 Å². The molecule has 17 heteroatoms. The minimum Gasteiger partial charge on any atom is -0.493 e. The number of hydrogen-bond acceptors (Lipinski definition) is 10. The number of rotatable bonds is 18. The second-order valence-corrected chi connectivity index (χ2v) is 17.0. The summed E-state index contributed by atoms with van der Waals surface area (Å²) in [6.45, 7) is 12.4. The van der Waals surface area contributed by atoms with Crippen LogP contribution in [0.2, 0.25) is 0 Å². The van der Waals surface area contributed by atoms with Crippen molar-refractivity contribution < 1.29 is 48.0 Å². The van der Waals surface area contributed by atoms with E-state index in [9.17, 15) is 24.0 Å². The number of carbonyl (C=O) groups is 5. The Kier molecular flexibility index (Phi) is 14.5. The summed E-state index contributed by atoms with van der Waals surface area (Å²) in [5.41, 5.74) is 4.64. The van der Waals surface area contributed by atoms with Gasteiger partial charge in [-0.25, -0.2) is 0 Å². The van der Waals surface area contributed by atoms with Crippen LogP contribution in [0.25, 0.3) is 0 Å². The van der Waals surface area contributed by atoms with Crippen molar-refractivity contribution in [3.8, 4) is 17.2 Å². The zero-order valence-electron chi connectivity index (χ0n) is 33.2. The average Bonchev–Trinajstić information content (AvgIpc) is 3.73. The third kappa shape index (κ3) is 10.2. The molecule has 0 aromatic heterocycles. The topological polar surface area (TPSA) is 177 Å². The van der Waals surface area contributed by atoms with E-state index < -0.39 is 21.5 Å². The first-order valence-electron chi connectivity index (χ1n) is 19.6. The fraction of sp³-hybridized carbons (Fsp3) is 0.476. The van der Waals surface area contributed by atoms with Gasteiger partial charge in [-0.15, -0.1) is 0 Å². The maximum Gasteiger partial charge on any atom is 0.318 e. The van der Waals surface area contributed by atoms with Gasteiger partial charge in [0.15, 0.2) is 11.5 Å². The average molecular weight is 944 g/mol. The summed E-state index contributed by atoms with van der Waals surface area (Å²) >= 11 is 6.03. The quantitative estimate of drug-likeness (QED) is 0.112. The molecule has 2 N–H and O–H groups in total. The molecule has 6 rings (SSSR count). The highest BCUT2D eigenvalue weighted by molar-refractivity contribution is 9.12. The number of ether oxygens (including phenoxy) is 4. The normalized spacial score (nSPS) is 19.3. The molecule has 2 fully saturated rings. The molecule has 4 heterocycles. The second kappa shape index (κ2) is 19.5. The Hall–Kier alpha value is -4.74. The SMILES string of the molecule is C=C1C[C@H]2CN(C(=O)CCOCCNC(=O)C(Br)C(Br)C(=O)O)c3cc(OCCCCCOc4cc5c(cc4OC)C(=O)N4CC(=C)C[C@H]4C=N5)c(C)cc3C(=O)N2C1. The first-order chi connectivity index (χ1) is 28.3. The summed E-state index contributed by atoms with van der Waals surface area (Å²) in [5, 5.41) is 11.7. The lowest BCUT2D eigenvalue weighted by molar-refractivity contribution is -0.137. The zero-order chi connectivity index (χ0) is 42.4. The van der Waals surface area contributed by atoms with Crippen molar-refractivity contribution in [1.82, 2.24) is 15.1 Å². The summed E-state index contributed by atoms with van der Waals surface area (Å²) in [6, 6.07) is 6.70. The van der Waals surface area contributed by atoms with Gasteiger partial charge in [0.25, 0.3) is 11.8 Å². The van der Waals surface area contributed by atoms with Gasteiger partial charge < -0.3 is 44.1 Å². The predicted molar refractivity (Wildman–Crippen MR) is 228 cm³/mol. The molecule has 0 spiro atoms. The number of carbonyl (C=O) groups excluding carboxylic acids is 4. The first kappa shape index (κ1) is 43.8. The van der Waals surface area contributed by atoms with Crippen LogP contribution in [0.3, 0.4) is 0 Å². The number of aliphatic imine (C=N–C) groups is 1. The molecular weight excluding hydrogens is 894 g/mol. The molecule has 0 radical (unpaired) electrons. The van der Waals surface area contributed by atoms with Crippen LogP contribution in [0.15, 0.2) is 53.6 Å². The number of benzene rings is 2. The number of carboxylic acid groups (broad SMARTS) is 1. The highest BCUT2D eigenvalue weighted by atomic mass is 79.9. The predicted octanol–water partition coefficient (Wildman–Crippen LogP) is 5.37. The van der Waals surface area contributed by atoms with Crippen molar-refractivity contribution in [1.29, 1.82) is 0 Å². The van der Waals surface area contributed by atoms with E-state index in [1.807, 2.05) is 6.92 Å². The molecule has 4 atom stereocenters. The molecule has 0 aliphatic carbocycles. The van der Waals surface area contributed by atoms with Gasteiger partial charge in [-0.3, -0.25) is 29.0 Å². The van der Waals surface area contributed by atoms with Gasteiger partial charge in [0.2, 0.25) is 11.8 Å². The molecular formula is C42H49Br2N5O10. The van der Waals surface area contributed by atoms with Crippen molar-refractivity contribution in [3.63, 3.8) is 0 Å². The van der Waals surface area contributed by atoms with Crippen molar-refractivity contribution in [2.45, 2.75) is 67.2 Å². The lowest BCUT2D eigenvalue weighted by atomic mass is 10.1. The van der Waals surface area contributed by atoms with Gasteiger partial charge >= 0.3 is 5.97 Å². The maximum atomic E-state index is 13.8. The Morgan fingerprint density at radius 2 is 1.58 bits per heavy atom. The van der Waals surface area contributed by atoms with E-state index in [2.05, 4.69) is 55.3 Å². The molecule has 316 valence electrons. The Morgan fingerprint density at radius 1 is 0.881 bits per heavy atom. The number of carboxylic acids is 1. The summed E-state index contributed by atoms with van der Waals surface area (Å²) in [7, 11) is 1.54. The van der Waals surface area contributed by atoms with Crippen molar-refractivity contribution >= 4 is 79.0 Å². The summed E-state index contributed by atoms with van der Waals surface area (Å²) in [6.07, 6.45) is 5.40. The molecule has 0 bridgehead atoms. The smallest absolute Gasteiger partial charge is 0.318 e. The number of fused-ring (bicyclic) bond motifs is 4. The van der Waals surface area contributed by atoms with Gasteiger partial charge in [-0.1, -0.05) is 56.2 Å². The summed E-state index contributed by atoms with van der Waals surface area (Å²) < 4.78 is 23.6. The van der Waals surface area contributed by atoms with Crippen LogP contribution in [0.1, 0.15) is 64.8 Å². The fourth-order valence-electron chi connectivity index (χ4n) is 7.55. The highest BCUT2D eigenvalue weighted by Gasteiger charge is 2.40. The Balaban J connectivity index is 1.01. The molecule has 2 aromatic carbocycles. The van der Waals surface area contributed by atoms with Crippen LogP contribution in [0.5, 0.6) is 17.2 Å². The number of alkyl halides is 2. The molecule has 4 aliphatic rings. The van der Waals surface area contributed by atoms with Gasteiger partial charge in [0.1, 0.15) is 15.4 Å². The van der Waals surface area contributed by atoms with Gasteiger partial charge in [0, 0.05) is 44.5 Å². The molecule has 4 amide bonds. The number of aryl methyl sites for hydroxylation is 1. The zero-order valence-corrected chi connectivity index (χ0v) is 36.3. The first-order valence-corrected chi connectivity index (χ1v) is 21.4. The molecule has 2 unspecified atom stereocenters. The summed E-state index contributed by atoms with van der Waals surface area (Å²) in [5.74, 6) is -0.599. The number of aliphatic carboxylic acids is 1. The standard InChI is InChI=1S/C42H49Br2N5O10/c1-24-14-27-20-46-31-18-35(34(56-4)17-29(31)40(52)47(27)21-24)59-11-7-5-6-10-58-33-19-32-30(16-26(33)3)41(53)48-22-25(2)15-28(48)23-49(32)36(50)8-12-57-13-9-45-39(51)37(43)38(44)42(54)55/h16-20,27-28,37-38H,1-2,5-15,21-23H2,3-4H3,(H,45,51)(H,54,55)/t27-,28-,37?,38?/m0/s1. The number of nitrogens with one attached hydrogen (secondary N) is 1. The third-order valence-corrected chi connectivity index (χ3v) is 13.2. The van der Waals surface area contributed by atoms with E-state index in [4.69, 9.17) is 24.1 Å². The number of anilines is 1. The lowest BCUT2D eigenvalue weighted by Crippen LogP contribution is -2.42. The number of halogens is 2. The maximum absolute atomic E-state index is 13.8. The molecule has 15 nitrogen and oxygen atoms in total. The Bertz CT molecular complexity index is 2040.